The van der Waals surface area contributed by atoms with E-state index >= 15 is 0 Å². The highest BCUT2D eigenvalue weighted by Crippen LogP contribution is 2.32. The molecule has 0 heterocycles. The molecule has 0 saturated heterocycles. The van der Waals surface area contributed by atoms with Crippen molar-refractivity contribution < 1.29 is 13.2 Å². The van der Waals surface area contributed by atoms with Crippen LogP contribution in [0, 0.1) is 23.4 Å². The highest BCUT2D eigenvalue weighted by Gasteiger charge is 2.18. The van der Waals surface area contributed by atoms with Crippen LogP contribution in [0.25, 0.3) is 0 Å². The summed E-state index contributed by atoms with van der Waals surface area (Å²) in [6.45, 7) is 10.4. The van der Waals surface area contributed by atoms with Gasteiger partial charge in [0.15, 0.2) is 0 Å². The molecule has 0 aliphatic carbocycles. The van der Waals surface area contributed by atoms with Crippen LogP contribution < -0.4 is 0 Å². The zero-order valence-electron chi connectivity index (χ0n) is 21.5. The zero-order chi connectivity index (χ0) is 26.7. The molecule has 0 fully saturated rings. The van der Waals surface area contributed by atoms with Crippen molar-refractivity contribution in [1.82, 2.24) is 0 Å². The summed E-state index contributed by atoms with van der Waals surface area (Å²) >= 11 is 5.91. The third-order valence-electron chi connectivity index (χ3n) is 5.86. The molecule has 0 nitrogen and oxygen atoms in total. The summed E-state index contributed by atoms with van der Waals surface area (Å²) in [5, 5.41) is 0.736. The zero-order valence-corrected chi connectivity index (χ0v) is 22.2. The van der Waals surface area contributed by atoms with E-state index in [1.54, 1.807) is 24.3 Å². The first-order valence-corrected chi connectivity index (χ1v) is 12.6. The maximum atomic E-state index is 13.0. The van der Waals surface area contributed by atoms with Crippen molar-refractivity contribution in [3.8, 4) is 0 Å². The van der Waals surface area contributed by atoms with E-state index in [1.807, 2.05) is 57.2 Å². The van der Waals surface area contributed by atoms with Crippen LogP contribution >= 0.6 is 11.6 Å². The van der Waals surface area contributed by atoms with Crippen molar-refractivity contribution in [1.29, 1.82) is 0 Å². The van der Waals surface area contributed by atoms with Crippen molar-refractivity contribution in [3.05, 3.63) is 142 Å². The fraction of sp³-hybridized carbons (Fsp3) is 0.250. The Bertz CT molecular complexity index is 1060. The number of hydrogen-bond acceptors (Lipinski definition) is 0. The molecule has 0 amide bonds. The predicted octanol–water partition coefficient (Wildman–Crippen LogP) is 10.4. The number of benzene rings is 4. The van der Waals surface area contributed by atoms with E-state index in [-0.39, 0.29) is 29.3 Å². The van der Waals surface area contributed by atoms with Gasteiger partial charge in [-0.15, -0.1) is 0 Å². The lowest BCUT2D eigenvalue weighted by atomic mass is 9.83. The van der Waals surface area contributed by atoms with Gasteiger partial charge in [0.05, 0.1) is 0 Å². The van der Waals surface area contributed by atoms with Gasteiger partial charge in [0.2, 0.25) is 0 Å². The SMILES string of the molecule is CC.CC(C)C(c1ccc(F)cc1)c1ccc(Cl)cc1.CC(c1ccc(F)cc1)c1ccc(F)cc1. The normalized spacial score (nSPS) is 11.3. The van der Waals surface area contributed by atoms with Gasteiger partial charge in [-0.3, -0.25) is 0 Å². The molecule has 0 radical (unpaired) electrons. The average molecular weight is 511 g/mol. The van der Waals surface area contributed by atoms with Gasteiger partial charge in [-0.1, -0.05) is 94.8 Å². The van der Waals surface area contributed by atoms with E-state index < -0.39 is 0 Å². The number of hydrogen-bond donors (Lipinski definition) is 0. The summed E-state index contributed by atoms with van der Waals surface area (Å²) in [6.07, 6.45) is 0. The lowest BCUT2D eigenvalue weighted by Gasteiger charge is -2.22. The summed E-state index contributed by atoms with van der Waals surface area (Å²) < 4.78 is 38.5. The monoisotopic (exact) mass is 510 g/mol. The minimum Gasteiger partial charge on any atom is -0.207 e. The Morgan fingerprint density at radius 2 is 0.750 bits per heavy atom. The fourth-order valence-corrected chi connectivity index (χ4v) is 4.12. The molecule has 0 aliphatic heterocycles. The quantitative estimate of drug-likeness (QED) is 0.250. The van der Waals surface area contributed by atoms with Crippen molar-refractivity contribution in [2.75, 3.05) is 0 Å². The lowest BCUT2D eigenvalue weighted by molar-refractivity contribution is 0.561. The summed E-state index contributed by atoms with van der Waals surface area (Å²) in [5.74, 6) is 0.170. The molecule has 190 valence electrons. The van der Waals surface area contributed by atoms with Gasteiger partial charge in [0.1, 0.15) is 17.5 Å². The molecule has 4 rings (SSSR count). The van der Waals surface area contributed by atoms with Crippen molar-refractivity contribution in [2.24, 2.45) is 5.92 Å². The Morgan fingerprint density at radius 1 is 0.472 bits per heavy atom. The smallest absolute Gasteiger partial charge is 0.123 e. The molecule has 0 bridgehead atoms. The standard InChI is InChI=1S/C16H16ClF.C14H12F2.C2H6/c1-11(2)16(12-3-7-14(17)8-4-12)13-5-9-15(18)10-6-13;1-10(11-2-6-13(15)7-3-11)12-4-8-14(16)9-5-12;1-2/h3-11,16H,1-2H3;2-10H,1H3;1-2H3. The van der Waals surface area contributed by atoms with Crippen molar-refractivity contribution >= 4 is 11.6 Å². The maximum Gasteiger partial charge on any atom is 0.123 e. The molecule has 1 atom stereocenters. The maximum absolute atomic E-state index is 13.0. The summed E-state index contributed by atoms with van der Waals surface area (Å²) in [6, 6.07) is 27.4. The van der Waals surface area contributed by atoms with Crippen LogP contribution in [0.15, 0.2) is 97.1 Å². The fourth-order valence-electron chi connectivity index (χ4n) is 4.00. The first-order valence-electron chi connectivity index (χ1n) is 12.3. The molecular formula is C32H34ClF3. The van der Waals surface area contributed by atoms with Crippen molar-refractivity contribution in [3.63, 3.8) is 0 Å². The van der Waals surface area contributed by atoms with Crippen LogP contribution in [0.4, 0.5) is 13.2 Å². The van der Waals surface area contributed by atoms with Crippen LogP contribution in [0.5, 0.6) is 0 Å². The Hall–Kier alpha value is -3.04. The lowest BCUT2D eigenvalue weighted by Crippen LogP contribution is -2.08. The molecular weight excluding hydrogens is 477 g/mol. The Kier molecular flexibility index (Phi) is 11.8. The molecule has 36 heavy (non-hydrogen) atoms. The molecule has 0 N–H and O–H groups in total. The van der Waals surface area contributed by atoms with Gasteiger partial charge in [-0.05, 0) is 76.7 Å². The average Bonchev–Trinajstić information content (AvgIpc) is 2.88. The van der Waals surface area contributed by atoms with Gasteiger partial charge in [-0.25, -0.2) is 13.2 Å². The van der Waals surface area contributed by atoms with Crippen LogP contribution in [-0.4, -0.2) is 0 Å². The minimum atomic E-state index is -0.241. The highest BCUT2D eigenvalue weighted by atomic mass is 35.5. The third kappa shape index (κ3) is 8.57. The van der Waals surface area contributed by atoms with E-state index in [0.717, 1.165) is 21.7 Å². The molecule has 0 aromatic heterocycles. The third-order valence-corrected chi connectivity index (χ3v) is 6.12. The molecule has 0 aliphatic rings. The molecule has 0 saturated carbocycles. The summed E-state index contributed by atoms with van der Waals surface area (Å²) in [7, 11) is 0. The van der Waals surface area contributed by atoms with E-state index in [2.05, 4.69) is 13.8 Å². The van der Waals surface area contributed by atoms with Crippen LogP contribution in [0.2, 0.25) is 5.02 Å². The summed E-state index contributed by atoms with van der Waals surface area (Å²) in [4.78, 5) is 0. The Labute approximate surface area is 218 Å². The molecule has 4 heteroatoms. The van der Waals surface area contributed by atoms with E-state index in [4.69, 9.17) is 11.6 Å². The Balaban J connectivity index is 0.000000239. The summed E-state index contributed by atoms with van der Waals surface area (Å²) in [5.41, 5.74) is 4.38. The molecule has 4 aromatic carbocycles. The topological polar surface area (TPSA) is 0 Å². The van der Waals surface area contributed by atoms with Gasteiger partial charge in [-0.2, -0.15) is 0 Å². The van der Waals surface area contributed by atoms with Gasteiger partial charge in [0.25, 0.3) is 0 Å². The van der Waals surface area contributed by atoms with Crippen LogP contribution in [-0.2, 0) is 0 Å². The largest absolute Gasteiger partial charge is 0.207 e. The second-order valence-electron chi connectivity index (χ2n) is 8.65. The van der Waals surface area contributed by atoms with E-state index in [0.29, 0.717) is 5.92 Å². The van der Waals surface area contributed by atoms with Gasteiger partial charge < -0.3 is 0 Å². The highest BCUT2D eigenvalue weighted by molar-refractivity contribution is 6.30. The minimum absolute atomic E-state index is 0.140. The molecule has 0 spiro atoms. The number of halogens is 4. The first-order chi connectivity index (χ1) is 17.2. The van der Waals surface area contributed by atoms with Crippen molar-refractivity contribution in [2.45, 2.75) is 46.5 Å². The molecule has 1 unspecified atom stereocenters. The first kappa shape index (κ1) is 29.2. The van der Waals surface area contributed by atoms with Crippen LogP contribution in [0.3, 0.4) is 0 Å². The molecule has 4 aromatic rings. The van der Waals surface area contributed by atoms with Gasteiger partial charge >= 0.3 is 0 Å². The van der Waals surface area contributed by atoms with Crippen LogP contribution in [0.1, 0.15) is 68.7 Å². The predicted molar refractivity (Wildman–Crippen MR) is 146 cm³/mol. The van der Waals surface area contributed by atoms with E-state index in [9.17, 15) is 13.2 Å². The second-order valence-corrected chi connectivity index (χ2v) is 9.09. The second kappa shape index (κ2) is 14.5. The van der Waals surface area contributed by atoms with E-state index in [1.165, 1.54) is 42.0 Å². The number of rotatable bonds is 5. The van der Waals surface area contributed by atoms with Gasteiger partial charge in [0, 0.05) is 16.9 Å². The Morgan fingerprint density at radius 3 is 1.06 bits per heavy atom.